The minimum absolute atomic E-state index is 0.0270. The number of benzene rings is 2. The van der Waals surface area contributed by atoms with E-state index in [0.717, 1.165) is 22.8 Å². The molecule has 118 valence electrons. The summed E-state index contributed by atoms with van der Waals surface area (Å²) in [5, 5.41) is 14.9. The molecule has 5 nitrogen and oxygen atoms in total. The first kappa shape index (κ1) is 14.2. The Kier molecular flexibility index (Phi) is 3.50. The summed E-state index contributed by atoms with van der Waals surface area (Å²) in [6.45, 7) is 1.14. The molecular formula is C17H15ClN2O3. The molecule has 0 aliphatic carbocycles. The fourth-order valence-corrected chi connectivity index (χ4v) is 2.99. The monoisotopic (exact) mass is 330 g/mol. The van der Waals surface area contributed by atoms with E-state index in [9.17, 15) is 5.11 Å². The highest BCUT2D eigenvalue weighted by atomic mass is 35.5. The second-order valence-electron chi connectivity index (χ2n) is 5.51. The van der Waals surface area contributed by atoms with Gasteiger partial charge >= 0.3 is 0 Å². The van der Waals surface area contributed by atoms with E-state index in [1.807, 2.05) is 18.2 Å². The van der Waals surface area contributed by atoms with Crippen LogP contribution < -0.4 is 14.9 Å². The first-order chi connectivity index (χ1) is 11.2. The lowest BCUT2D eigenvalue weighted by atomic mass is 9.98. The Balaban J connectivity index is 1.57. The van der Waals surface area contributed by atoms with Crippen LogP contribution in [0.4, 0.5) is 0 Å². The molecule has 2 aliphatic heterocycles. The number of nitrogens with one attached hydrogen (secondary N) is 1. The summed E-state index contributed by atoms with van der Waals surface area (Å²) in [5.74, 6) is 1.71. The Labute approximate surface area is 138 Å². The van der Waals surface area contributed by atoms with Crippen LogP contribution in [0.1, 0.15) is 23.6 Å². The third kappa shape index (κ3) is 2.68. The van der Waals surface area contributed by atoms with Gasteiger partial charge in [-0.15, -0.1) is 0 Å². The highest BCUT2D eigenvalue weighted by molar-refractivity contribution is 6.31. The summed E-state index contributed by atoms with van der Waals surface area (Å²) in [6, 6.07) is 10.9. The molecule has 0 spiro atoms. The van der Waals surface area contributed by atoms with Crippen molar-refractivity contribution in [2.45, 2.75) is 12.5 Å². The summed E-state index contributed by atoms with van der Waals surface area (Å²) in [7, 11) is 0. The van der Waals surface area contributed by atoms with Crippen LogP contribution in [0, 0.1) is 0 Å². The van der Waals surface area contributed by atoms with Crippen LogP contribution in [0.2, 0.25) is 5.02 Å². The standard InChI is InChI=1S/C17H15ClN2O3/c18-11-2-3-15(21)12(8-11)14-9-13(19-20-14)10-1-4-16-17(7-10)23-6-5-22-16/h1-4,7-8,13,19,21H,5-6,9H2. The maximum Gasteiger partial charge on any atom is 0.161 e. The smallest absolute Gasteiger partial charge is 0.161 e. The number of fused-ring (bicyclic) bond motifs is 1. The minimum Gasteiger partial charge on any atom is -0.507 e. The van der Waals surface area contributed by atoms with Crippen molar-refractivity contribution in [1.29, 1.82) is 0 Å². The summed E-state index contributed by atoms with van der Waals surface area (Å²) < 4.78 is 11.2. The number of phenolic OH excluding ortho intramolecular Hbond substituents is 1. The van der Waals surface area contributed by atoms with Gasteiger partial charge in [0.15, 0.2) is 11.5 Å². The number of hydrazone groups is 1. The number of hydrogen-bond acceptors (Lipinski definition) is 5. The quantitative estimate of drug-likeness (QED) is 0.887. The minimum atomic E-state index is 0.0270. The van der Waals surface area contributed by atoms with Crippen molar-refractivity contribution < 1.29 is 14.6 Å². The Morgan fingerprint density at radius 2 is 1.91 bits per heavy atom. The second-order valence-corrected chi connectivity index (χ2v) is 5.95. The van der Waals surface area contributed by atoms with Gasteiger partial charge in [-0.1, -0.05) is 17.7 Å². The molecule has 2 N–H and O–H groups in total. The SMILES string of the molecule is Oc1ccc(Cl)cc1C1=NNC(c2ccc3c(c2)OCCO3)C1. The molecule has 2 aliphatic rings. The lowest BCUT2D eigenvalue weighted by Gasteiger charge is -2.20. The maximum atomic E-state index is 10.0. The average molecular weight is 331 g/mol. The van der Waals surface area contributed by atoms with Gasteiger partial charge in [-0.05, 0) is 35.9 Å². The zero-order valence-corrected chi connectivity index (χ0v) is 13.0. The van der Waals surface area contributed by atoms with Crippen molar-refractivity contribution >= 4 is 17.3 Å². The summed E-state index contributed by atoms with van der Waals surface area (Å²) >= 11 is 6.01. The van der Waals surface area contributed by atoms with Crippen LogP contribution in [0.15, 0.2) is 41.5 Å². The van der Waals surface area contributed by atoms with Crippen molar-refractivity contribution in [2.24, 2.45) is 5.10 Å². The molecule has 0 saturated carbocycles. The third-order valence-corrected chi connectivity index (χ3v) is 4.23. The molecule has 0 radical (unpaired) electrons. The highest BCUT2D eigenvalue weighted by Crippen LogP contribution is 2.35. The molecule has 0 bridgehead atoms. The number of nitrogens with zero attached hydrogens (tertiary/aromatic N) is 1. The van der Waals surface area contributed by atoms with E-state index in [4.69, 9.17) is 21.1 Å². The molecule has 2 aromatic carbocycles. The van der Waals surface area contributed by atoms with E-state index in [2.05, 4.69) is 10.5 Å². The van der Waals surface area contributed by atoms with Gasteiger partial charge in [-0.3, -0.25) is 0 Å². The number of ether oxygens (including phenoxy) is 2. The van der Waals surface area contributed by atoms with Crippen LogP contribution in [-0.2, 0) is 0 Å². The molecule has 2 aromatic rings. The number of phenols is 1. The average Bonchev–Trinajstić information content (AvgIpc) is 3.06. The maximum absolute atomic E-state index is 10.0. The molecular weight excluding hydrogens is 316 g/mol. The first-order valence-electron chi connectivity index (χ1n) is 7.41. The Morgan fingerprint density at radius 1 is 1.09 bits per heavy atom. The van der Waals surface area contributed by atoms with Crippen molar-refractivity contribution in [1.82, 2.24) is 5.43 Å². The van der Waals surface area contributed by atoms with Crippen molar-refractivity contribution in [3.05, 3.63) is 52.5 Å². The van der Waals surface area contributed by atoms with Crippen LogP contribution >= 0.6 is 11.6 Å². The Morgan fingerprint density at radius 3 is 2.78 bits per heavy atom. The van der Waals surface area contributed by atoms with E-state index in [1.54, 1.807) is 18.2 Å². The second kappa shape index (κ2) is 5.66. The first-order valence-corrected chi connectivity index (χ1v) is 7.79. The van der Waals surface area contributed by atoms with E-state index >= 15 is 0 Å². The number of hydrogen-bond donors (Lipinski definition) is 2. The van der Waals surface area contributed by atoms with Gasteiger partial charge in [0.05, 0.1) is 11.8 Å². The lowest BCUT2D eigenvalue weighted by Crippen LogP contribution is -2.16. The predicted octanol–water partition coefficient (Wildman–Crippen LogP) is 3.26. The Bertz CT molecular complexity index is 791. The van der Waals surface area contributed by atoms with Gasteiger partial charge in [0.25, 0.3) is 0 Å². The van der Waals surface area contributed by atoms with Crippen molar-refractivity contribution in [3.8, 4) is 17.2 Å². The fraction of sp³-hybridized carbons (Fsp3) is 0.235. The molecule has 0 aromatic heterocycles. The molecule has 0 fully saturated rings. The zero-order valence-electron chi connectivity index (χ0n) is 12.3. The van der Waals surface area contributed by atoms with Crippen molar-refractivity contribution in [3.63, 3.8) is 0 Å². The van der Waals surface area contributed by atoms with Gasteiger partial charge in [0, 0.05) is 17.0 Å². The van der Waals surface area contributed by atoms with Crippen LogP contribution in [0.25, 0.3) is 0 Å². The van der Waals surface area contributed by atoms with E-state index in [0.29, 0.717) is 30.2 Å². The third-order valence-electron chi connectivity index (χ3n) is 3.99. The Hall–Kier alpha value is -2.40. The molecule has 23 heavy (non-hydrogen) atoms. The molecule has 0 amide bonds. The summed E-state index contributed by atoms with van der Waals surface area (Å²) in [6.07, 6.45) is 0.660. The van der Waals surface area contributed by atoms with E-state index < -0.39 is 0 Å². The van der Waals surface area contributed by atoms with Gasteiger partial charge < -0.3 is 20.0 Å². The molecule has 0 saturated heterocycles. The van der Waals surface area contributed by atoms with E-state index in [-0.39, 0.29) is 11.8 Å². The van der Waals surface area contributed by atoms with Crippen LogP contribution in [0.3, 0.4) is 0 Å². The van der Waals surface area contributed by atoms with Gasteiger partial charge in [0.1, 0.15) is 19.0 Å². The van der Waals surface area contributed by atoms with Crippen molar-refractivity contribution in [2.75, 3.05) is 13.2 Å². The largest absolute Gasteiger partial charge is 0.507 e. The summed E-state index contributed by atoms with van der Waals surface area (Å²) in [5.41, 5.74) is 5.62. The van der Waals surface area contributed by atoms with Gasteiger partial charge in [0.2, 0.25) is 0 Å². The molecule has 1 unspecified atom stereocenters. The van der Waals surface area contributed by atoms with Gasteiger partial charge in [-0.2, -0.15) is 5.10 Å². The highest BCUT2D eigenvalue weighted by Gasteiger charge is 2.24. The van der Waals surface area contributed by atoms with Gasteiger partial charge in [-0.25, -0.2) is 0 Å². The number of rotatable bonds is 2. The van der Waals surface area contributed by atoms with Crippen LogP contribution in [0.5, 0.6) is 17.2 Å². The molecule has 4 rings (SSSR count). The lowest BCUT2D eigenvalue weighted by molar-refractivity contribution is 0.171. The normalized spacial score (nSPS) is 19.2. The molecule has 1 atom stereocenters. The summed E-state index contributed by atoms with van der Waals surface area (Å²) in [4.78, 5) is 0. The zero-order chi connectivity index (χ0) is 15.8. The molecule has 6 heteroatoms. The van der Waals surface area contributed by atoms with E-state index in [1.165, 1.54) is 0 Å². The topological polar surface area (TPSA) is 63.1 Å². The molecule has 2 heterocycles. The fourth-order valence-electron chi connectivity index (χ4n) is 2.82. The predicted molar refractivity (Wildman–Crippen MR) is 87.6 cm³/mol. The number of halogens is 1. The van der Waals surface area contributed by atoms with Crippen LogP contribution in [-0.4, -0.2) is 24.0 Å². The number of aromatic hydroxyl groups is 1.